The summed E-state index contributed by atoms with van der Waals surface area (Å²) in [5.41, 5.74) is 1.80. The Bertz CT molecular complexity index is 722. The fraction of sp³-hybridized carbons (Fsp3) is 0.100. The molecular formula is C10H9N5O4S. The molecule has 0 atom stereocenters. The minimum Gasteiger partial charge on any atom is -0.303 e. The maximum Gasteiger partial charge on any atom is 0.294 e. The van der Waals surface area contributed by atoms with Gasteiger partial charge in [-0.2, -0.15) is 0 Å². The molecule has 2 rings (SSSR count). The van der Waals surface area contributed by atoms with Gasteiger partial charge in [0, 0.05) is 17.5 Å². The number of nitrogen functional groups attached to an aromatic ring is 1. The summed E-state index contributed by atoms with van der Waals surface area (Å²) in [6.07, 6.45) is 1.13. The van der Waals surface area contributed by atoms with Crippen molar-refractivity contribution in [1.82, 2.24) is 15.0 Å². The Morgan fingerprint density at radius 3 is 2.95 bits per heavy atom. The zero-order valence-corrected chi connectivity index (χ0v) is 10.8. The number of aromatic nitrogens is 2. The molecule has 10 heteroatoms. The lowest BCUT2D eigenvalue weighted by Crippen LogP contribution is -2.29. The van der Waals surface area contributed by atoms with E-state index >= 15 is 0 Å². The first kappa shape index (κ1) is 13.8. The molecule has 1 amide bonds. The van der Waals surface area contributed by atoms with Gasteiger partial charge >= 0.3 is 0 Å². The van der Waals surface area contributed by atoms with Crippen molar-refractivity contribution in [2.75, 3.05) is 0 Å². The van der Waals surface area contributed by atoms with Crippen LogP contribution in [0.1, 0.15) is 15.5 Å². The fourth-order valence-electron chi connectivity index (χ4n) is 1.47. The number of rotatable bonds is 4. The highest BCUT2D eigenvalue weighted by molar-refractivity contribution is 7.11. The number of carbonyl (C=O) groups is 1. The molecule has 0 aromatic carbocycles. The summed E-state index contributed by atoms with van der Waals surface area (Å²) in [4.78, 5) is 36.9. The van der Waals surface area contributed by atoms with Gasteiger partial charge in [-0.15, -0.1) is 11.3 Å². The van der Waals surface area contributed by atoms with Crippen LogP contribution in [0.2, 0.25) is 0 Å². The van der Waals surface area contributed by atoms with E-state index in [1.165, 1.54) is 0 Å². The van der Waals surface area contributed by atoms with E-state index in [0.29, 0.717) is 5.69 Å². The summed E-state index contributed by atoms with van der Waals surface area (Å²) >= 11 is 1.07. The van der Waals surface area contributed by atoms with Gasteiger partial charge in [0.05, 0.1) is 23.4 Å². The van der Waals surface area contributed by atoms with Crippen LogP contribution in [-0.4, -0.2) is 20.4 Å². The predicted molar refractivity (Wildman–Crippen MR) is 70.2 cm³/mol. The predicted octanol–water partition coefficient (Wildman–Crippen LogP) is -0.135. The average molecular weight is 295 g/mol. The molecule has 0 unspecified atom stereocenters. The van der Waals surface area contributed by atoms with Gasteiger partial charge in [0.25, 0.3) is 17.2 Å². The molecular weight excluding hydrogens is 286 g/mol. The Hall–Kier alpha value is -2.59. The molecule has 0 radical (unpaired) electrons. The number of thiazole rings is 1. The normalized spacial score (nSPS) is 10.2. The van der Waals surface area contributed by atoms with Gasteiger partial charge in [-0.05, 0) is 0 Å². The summed E-state index contributed by atoms with van der Waals surface area (Å²) in [6, 6.07) is 2.24. The van der Waals surface area contributed by atoms with E-state index in [-0.39, 0.29) is 17.2 Å². The Morgan fingerprint density at radius 1 is 1.55 bits per heavy atom. The van der Waals surface area contributed by atoms with E-state index in [2.05, 4.69) is 4.98 Å². The number of hydrogen-bond donors (Lipinski definition) is 2. The number of nitrogens with two attached hydrogens (primary N) is 1. The standard InChI is InChI=1S/C10H9N5O4S/c11-13-9(17)10-12-6(5-20-10)3-14-4-7(15(18)19)1-2-8(14)16/h1-2,4-5H,3,11H2,(H,13,17). The van der Waals surface area contributed by atoms with Crippen LogP contribution in [-0.2, 0) is 6.54 Å². The van der Waals surface area contributed by atoms with Gasteiger partial charge in [-0.3, -0.25) is 25.1 Å². The quantitative estimate of drug-likeness (QED) is 0.349. The third kappa shape index (κ3) is 2.87. The number of hydrazine groups is 1. The van der Waals surface area contributed by atoms with Gasteiger partial charge in [0.1, 0.15) is 0 Å². The van der Waals surface area contributed by atoms with Crippen molar-refractivity contribution >= 4 is 22.9 Å². The van der Waals surface area contributed by atoms with Gasteiger partial charge < -0.3 is 4.57 Å². The highest BCUT2D eigenvalue weighted by Gasteiger charge is 2.12. The van der Waals surface area contributed by atoms with Crippen molar-refractivity contribution in [3.63, 3.8) is 0 Å². The maximum absolute atomic E-state index is 11.6. The highest BCUT2D eigenvalue weighted by Crippen LogP contribution is 2.12. The number of nitrogens with one attached hydrogen (secondary N) is 1. The lowest BCUT2D eigenvalue weighted by Gasteiger charge is -2.02. The van der Waals surface area contributed by atoms with Crippen LogP contribution in [0.5, 0.6) is 0 Å². The Kier molecular flexibility index (Phi) is 3.86. The van der Waals surface area contributed by atoms with Crippen LogP contribution < -0.4 is 16.8 Å². The highest BCUT2D eigenvalue weighted by atomic mass is 32.1. The molecule has 0 aliphatic rings. The minimum absolute atomic E-state index is 0.0366. The summed E-state index contributed by atoms with van der Waals surface area (Å²) < 4.78 is 1.15. The first-order valence-electron chi connectivity index (χ1n) is 5.31. The number of carbonyl (C=O) groups excluding carboxylic acids is 1. The molecule has 2 aromatic rings. The SMILES string of the molecule is NNC(=O)c1nc(Cn2cc([N+](=O)[O-])ccc2=O)cs1. The Morgan fingerprint density at radius 2 is 2.30 bits per heavy atom. The summed E-state index contributed by atoms with van der Waals surface area (Å²) in [7, 11) is 0. The third-order valence-electron chi connectivity index (χ3n) is 2.39. The monoisotopic (exact) mass is 295 g/mol. The molecule has 2 aromatic heterocycles. The minimum atomic E-state index is -0.593. The lowest BCUT2D eigenvalue weighted by molar-refractivity contribution is -0.385. The first-order valence-corrected chi connectivity index (χ1v) is 6.19. The molecule has 0 fully saturated rings. The van der Waals surface area contributed by atoms with Crippen LogP contribution in [0.4, 0.5) is 5.69 Å². The molecule has 9 nitrogen and oxygen atoms in total. The average Bonchev–Trinajstić information content (AvgIpc) is 2.88. The van der Waals surface area contributed by atoms with Crippen LogP contribution >= 0.6 is 11.3 Å². The molecule has 3 N–H and O–H groups in total. The largest absolute Gasteiger partial charge is 0.303 e. The summed E-state index contributed by atoms with van der Waals surface area (Å²) in [5.74, 6) is 4.45. The third-order valence-corrected chi connectivity index (χ3v) is 3.28. The van der Waals surface area contributed by atoms with Crippen LogP contribution in [0.3, 0.4) is 0 Å². The van der Waals surface area contributed by atoms with Crippen molar-refractivity contribution < 1.29 is 9.72 Å². The van der Waals surface area contributed by atoms with Crippen LogP contribution in [0.15, 0.2) is 28.5 Å². The molecule has 0 saturated heterocycles. The second-order valence-electron chi connectivity index (χ2n) is 3.73. The van der Waals surface area contributed by atoms with E-state index in [1.807, 2.05) is 5.43 Å². The topological polar surface area (TPSA) is 133 Å². The van der Waals surface area contributed by atoms with E-state index in [1.54, 1.807) is 5.38 Å². The molecule has 0 spiro atoms. The molecule has 2 heterocycles. The van der Waals surface area contributed by atoms with E-state index in [4.69, 9.17) is 5.84 Å². The summed E-state index contributed by atoms with van der Waals surface area (Å²) in [6.45, 7) is 0.0366. The van der Waals surface area contributed by atoms with E-state index in [0.717, 1.165) is 34.2 Å². The first-order chi connectivity index (χ1) is 9.51. The van der Waals surface area contributed by atoms with Gasteiger partial charge in [-0.1, -0.05) is 0 Å². The number of amides is 1. The fourth-order valence-corrected chi connectivity index (χ4v) is 2.18. The molecule has 0 bridgehead atoms. The molecule has 0 saturated carbocycles. The Labute approximate surface area is 115 Å². The van der Waals surface area contributed by atoms with Crippen molar-refractivity contribution in [2.24, 2.45) is 5.84 Å². The lowest BCUT2D eigenvalue weighted by atomic mass is 10.4. The smallest absolute Gasteiger partial charge is 0.294 e. The van der Waals surface area contributed by atoms with Crippen molar-refractivity contribution in [1.29, 1.82) is 0 Å². The summed E-state index contributed by atoms with van der Waals surface area (Å²) in [5, 5.41) is 12.4. The zero-order valence-electron chi connectivity index (χ0n) is 9.98. The van der Waals surface area contributed by atoms with Gasteiger partial charge in [-0.25, -0.2) is 10.8 Å². The Balaban J connectivity index is 2.28. The number of pyridine rings is 1. The number of hydrogen-bond acceptors (Lipinski definition) is 7. The van der Waals surface area contributed by atoms with Gasteiger partial charge in [0.15, 0.2) is 5.01 Å². The van der Waals surface area contributed by atoms with Crippen molar-refractivity contribution in [3.05, 3.63) is 54.9 Å². The van der Waals surface area contributed by atoms with Crippen molar-refractivity contribution in [2.45, 2.75) is 6.54 Å². The van der Waals surface area contributed by atoms with Crippen LogP contribution in [0.25, 0.3) is 0 Å². The van der Waals surface area contributed by atoms with Gasteiger partial charge in [0.2, 0.25) is 0 Å². The molecule has 0 aliphatic heterocycles. The molecule has 20 heavy (non-hydrogen) atoms. The zero-order chi connectivity index (χ0) is 14.7. The second kappa shape index (κ2) is 5.59. The molecule has 0 aliphatic carbocycles. The molecule has 104 valence electrons. The second-order valence-corrected chi connectivity index (χ2v) is 4.59. The van der Waals surface area contributed by atoms with Crippen molar-refractivity contribution in [3.8, 4) is 0 Å². The van der Waals surface area contributed by atoms with Crippen LogP contribution in [0, 0.1) is 10.1 Å². The number of nitrogens with zero attached hydrogens (tertiary/aromatic N) is 3. The number of nitro groups is 1. The van der Waals surface area contributed by atoms with E-state index < -0.39 is 16.4 Å². The van der Waals surface area contributed by atoms with E-state index in [9.17, 15) is 19.7 Å². The maximum atomic E-state index is 11.6.